The molecule has 0 atom stereocenters. The highest BCUT2D eigenvalue weighted by atomic mass is 32.1. The van der Waals surface area contributed by atoms with Gasteiger partial charge in [-0.05, 0) is 67.0 Å². The summed E-state index contributed by atoms with van der Waals surface area (Å²) in [6.45, 7) is 4.48. The molecule has 3 rings (SSSR count). The summed E-state index contributed by atoms with van der Waals surface area (Å²) in [6.07, 6.45) is 1.74. The van der Waals surface area contributed by atoms with E-state index in [0.29, 0.717) is 11.4 Å². The van der Waals surface area contributed by atoms with Crippen molar-refractivity contribution in [2.24, 2.45) is 5.10 Å². The molecule has 6 heteroatoms. The molecule has 0 saturated carbocycles. The van der Waals surface area contributed by atoms with Gasteiger partial charge in [0.1, 0.15) is 18.2 Å². The lowest BCUT2D eigenvalue weighted by molar-refractivity contribution is 0.305. The van der Waals surface area contributed by atoms with Crippen LogP contribution in [0.25, 0.3) is 0 Å². The Morgan fingerprint density at radius 2 is 1.92 bits per heavy atom. The summed E-state index contributed by atoms with van der Waals surface area (Å²) in [5, 5.41) is 11.0. The summed E-state index contributed by atoms with van der Waals surface area (Å²) >= 11 is 5.11. The topological polar surface area (TPSA) is 55.2 Å². The first-order valence-corrected chi connectivity index (χ1v) is 8.00. The van der Waals surface area contributed by atoms with Crippen LogP contribution in [0.3, 0.4) is 0 Å². The highest BCUT2D eigenvalue weighted by molar-refractivity contribution is 7.71. The number of benzene rings is 2. The maximum atomic E-state index is 5.84. The molecule has 0 unspecified atom stereocenters. The zero-order valence-corrected chi connectivity index (χ0v) is 14.4. The van der Waals surface area contributed by atoms with Crippen molar-refractivity contribution in [2.75, 3.05) is 0 Å². The lowest BCUT2D eigenvalue weighted by Gasteiger charge is -2.08. The van der Waals surface area contributed by atoms with Crippen LogP contribution in [0.2, 0.25) is 0 Å². The molecule has 0 saturated heterocycles. The minimum atomic E-state index is 0.474. The maximum absolute atomic E-state index is 5.84. The van der Waals surface area contributed by atoms with Crippen molar-refractivity contribution in [3.05, 3.63) is 75.8 Å². The van der Waals surface area contributed by atoms with Crippen LogP contribution in [0.4, 0.5) is 0 Å². The molecule has 5 nitrogen and oxygen atoms in total. The van der Waals surface area contributed by atoms with Crippen molar-refractivity contribution in [3.8, 4) is 5.75 Å². The summed E-state index contributed by atoms with van der Waals surface area (Å²) < 4.78 is 7.89. The number of aromatic nitrogens is 3. The summed E-state index contributed by atoms with van der Waals surface area (Å²) in [6, 6.07) is 16.0. The fourth-order valence-corrected chi connectivity index (χ4v) is 2.44. The molecule has 0 bridgehead atoms. The molecule has 1 aromatic heterocycles. The Balaban J connectivity index is 1.65. The molecule has 1 heterocycles. The number of aromatic amines is 1. The highest BCUT2D eigenvalue weighted by Gasteiger charge is 2.00. The van der Waals surface area contributed by atoms with Gasteiger partial charge in [-0.1, -0.05) is 24.3 Å². The Morgan fingerprint density at radius 3 is 2.58 bits per heavy atom. The zero-order chi connectivity index (χ0) is 16.9. The van der Waals surface area contributed by atoms with Crippen LogP contribution in [0, 0.1) is 18.6 Å². The molecule has 0 aliphatic carbocycles. The highest BCUT2D eigenvalue weighted by Crippen LogP contribution is 2.15. The van der Waals surface area contributed by atoms with E-state index in [4.69, 9.17) is 17.0 Å². The largest absolute Gasteiger partial charge is 0.489 e. The Kier molecular flexibility index (Phi) is 4.86. The van der Waals surface area contributed by atoms with E-state index in [2.05, 4.69) is 34.4 Å². The van der Waals surface area contributed by atoms with Gasteiger partial charge in [0, 0.05) is 0 Å². The van der Waals surface area contributed by atoms with Crippen LogP contribution in [-0.4, -0.2) is 21.1 Å². The minimum Gasteiger partial charge on any atom is -0.489 e. The quantitative estimate of drug-likeness (QED) is 0.565. The van der Waals surface area contributed by atoms with Gasteiger partial charge in [-0.25, -0.2) is 0 Å². The first kappa shape index (κ1) is 16.1. The van der Waals surface area contributed by atoms with Crippen molar-refractivity contribution in [3.63, 3.8) is 0 Å². The summed E-state index contributed by atoms with van der Waals surface area (Å²) in [4.78, 5) is 0. The van der Waals surface area contributed by atoms with Gasteiger partial charge in [0.05, 0.1) is 6.21 Å². The van der Waals surface area contributed by atoms with E-state index < -0.39 is 0 Å². The average molecular weight is 338 g/mol. The van der Waals surface area contributed by atoms with Crippen molar-refractivity contribution >= 4 is 18.4 Å². The van der Waals surface area contributed by atoms with Crippen LogP contribution < -0.4 is 4.74 Å². The van der Waals surface area contributed by atoms with E-state index in [-0.39, 0.29) is 0 Å². The van der Waals surface area contributed by atoms with Crippen LogP contribution in [0.5, 0.6) is 5.75 Å². The number of hydrogen-bond acceptors (Lipinski definition) is 4. The van der Waals surface area contributed by atoms with Gasteiger partial charge >= 0.3 is 0 Å². The normalized spacial score (nSPS) is 11.1. The molecule has 0 radical (unpaired) electrons. The summed E-state index contributed by atoms with van der Waals surface area (Å²) in [5.74, 6) is 1.54. The van der Waals surface area contributed by atoms with Crippen molar-refractivity contribution in [1.82, 2.24) is 14.9 Å². The standard InChI is InChI=1S/C18H18N4OS/c1-13-5-3-4-6-16(13)12-23-17-9-7-15(8-10-17)11-19-22-14(2)20-21-18(22)24/h3-11H,12H2,1-2H3,(H,21,24)/b19-11+. The Labute approximate surface area is 145 Å². The molecule has 2 aromatic carbocycles. The molecule has 24 heavy (non-hydrogen) atoms. The predicted molar refractivity (Wildman–Crippen MR) is 97.1 cm³/mol. The van der Waals surface area contributed by atoms with Crippen molar-refractivity contribution in [2.45, 2.75) is 20.5 Å². The average Bonchev–Trinajstić information content (AvgIpc) is 2.91. The maximum Gasteiger partial charge on any atom is 0.216 e. The number of aryl methyl sites for hydroxylation is 2. The van der Waals surface area contributed by atoms with Gasteiger partial charge in [0.2, 0.25) is 4.77 Å². The number of ether oxygens (including phenoxy) is 1. The zero-order valence-electron chi connectivity index (χ0n) is 13.6. The molecule has 0 fully saturated rings. The molecule has 0 aliphatic rings. The van der Waals surface area contributed by atoms with E-state index in [1.165, 1.54) is 11.1 Å². The number of H-pyrrole nitrogens is 1. The van der Waals surface area contributed by atoms with E-state index >= 15 is 0 Å². The van der Waals surface area contributed by atoms with E-state index in [9.17, 15) is 0 Å². The monoisotopic (exact) mass is 338 g/mol. The SMILES string of the molecule is Cc1ccccc1COc1ccc(/C=N/n2c(C)n[nH]c2=S)cc1. The number of hydrogen-bond donors (Lipinski definition) is 1. The number of nitrogens with one attached hydrogen (secondary N) is 1. The summed E-state index contributed by atoms with van der Waals surface area (Å²) in [5.41, 5.74) is 3.38. The Hall–Kier alpha value is -2.73. The number of nitrogens with zero attached hydrogens (tertiary/aromatic N) is 3. The van der Waals surface area contributed by atoms with Crippen molar-refractivity contribution < 1.29 is 4.74 Å². The van der Waals surface area contributed by atoms with E-state index in [0.717, 1.165) is 17.1 Å². The van der Waals surface area contributed by atoms with E-state index in [1.807, 2.05) is 43.3 Å². The van der Waals surface area contributed by atoms with Crippen molar-refractivity contribution in [1.29, 1.82) is 0 Å². The Bertz CT molecular complexity index is 909. The Morgan fingerprint density at radius 1 is 1.17 bits per heavy atom. The second kappa shape index (κ2) is 7.23. The van der Waals surface area contributed by atoms with Crippen LogP contribution in [0.15, 0.2) is 53.6 Å². The first-order chi connectivity index (χ1) is 11.6. The molecule has 0 amide bonds. The van der Waals surface area contributed by atoms with Gasteiger partial charge in [0.15, 0.2) is 0 Å². The lowest BCUT2D eigenvalue weighted by Crippen LogP contribution is -1.98. The van der Waals surface area contributed by atoms with E-state index in [1.54, 1.807) is 10.9 Å². The molecule has 0 spiro atoms. The molecule has 0 aliphatic heterocycles. The lowest BCUT2D eigenvalue weighted by atomic mass is 10.1. The van der Waals surface area contributed by atoms with Crippen LogP contribution >= 0.6 is 12.2 Å². The first-order valence-electron chi connectivity index (χ1n) is 7.59. The molecule has 3 aromatic rings. The van der Waals surface area contributed by atoms with Crippen LogP contribution in [0.1, 0.15) is 22.5 Å². The smallest absolute Gasteiger partial charge is 0.216 e. The second-order valence-electron chi connectivity index (χ2n) is 5.42. The van der Waals surface area contributed by atoms with Gasteiger partial charge in [-0.2, -0.15) is 14.9 Å². The van der Waals surface area contributed by atoms with Gasteiger partial charge < -0.3 is 4.74 Å². The fourth-order valence-electron chi connectivity index (χ4n) is 2.21. The third kappa shape index (κ3) is 3.78. The van der Waals surface area contributed by atoms with Gasteiger partial charge in [-0.15, -0.1) is 0 Å². The molecule has 1 N–H and O–H groups in total. The molecular formula is C18H18N4OS. The molecule has 122 valence electrons. The third-order valence-corrected chi connectivity index (χ3v) is 3.93. The fraction of sp³-hybridized carbons (Fsp3) is 0.167. The summed E-state index contributed by atoms with van der Waals surface area (Å²) in [7, 11) is 0. The van der Waals surface area contributed by atoms with Gasteiger partial charge in [-0.3, -0.25) is 5.10 Å². The minimum absolute atomic E-state index is 0.474. The predicted octanol–water partition coefficient (Wildman–Crippen LogP) is 4.02. The molecular weight excluding hydrogens is 320 g/mol. The second-order valence-corrected chi connectivity index (χ2v) is 5.80. The third-order valence-electron chi connectivity index (χ3n) is 3.67. The number of rotatable bonds is 5. The van der Waals surface area contributed by atoms with Gasteiger partial charge in [0.25, 0.3) is 0 Å². The van der Waals surface area contributed by atoms with Crippen LogP contribution in [-0.2, 0) is 6.61 Å².